The third-order valence-corrected chi connectivity index (χ3v) is 9.74. The molecule has 0 bridgehead atoms. The van der Waals surface area contributed by atoms with E-state index in [4.69, 9.17) is 0 Å². The average molecular weight is 480 g/mol. The summed E-state index contributed by atoms with van der Waals surface area (Å²) in [4.78, 5) is 25.1. The van der Waals surface area contributed by atoms with Crippen molar-refractivity contribution in [1.82, 2.24) is 14.2 Å². The second-order valence-corrected chi connectivity index (χ2v) is 12.5. The van der Waals surface area contributed by atoms with Crippen molar-refractivity contribution in [2.75, 3.05) is 13.1 Å². The maximum atomic E-state index is 13.2. The van der Waals surface area contributed by atoms with E-state index in [1.54, 1.807) is 22.8 Å². The molecule has 0 radical (unpaired) electrons. The summed E-state index contributed by atoms with van der Waals surface area (Å²) in [6, 6.07) is 5.20. The fourth-order valence-electron chi connectivity index (χ4n) is 4.90. The van der Waals surface area contributed by atoms with E-state index in [0.717, 1.165) is 48.5 Å². The van der Waals surface area contributed by atoms with E-state index >= 15 is 0 Å². The van der Waals surface area contributed by atoms with Crippen LogP contribution in [0.25, 0.3) is 10.2 Å². The molecule has 1 aliphatic heterocycles. The smallest absolute Gasteiger partial charge is 0.308 e. The molecule has 176 valence electrons. The number of nitrogens with one attached hydrogen (secondary N) is 1. The van der Waals surface area contributed by atoms with Gasteiger partial charge in [0.05, 0.1) is 15.1 Å². The summed E-state index contributed by atoms with van der Waals surface area (Å²) in [5.74, 6) is 0.678. The lowest BCUT2D eigenvalue weighted by Gasteiger charge is -2.33. The summed E-state index contributed by atoms with van der Waals surface area (Å²) in [6.07, 6.45) is 5.45. The number of amides is 1. The Bertz CT molecular complexity index is 1140. The van der Waals surface area contributed by atoms with Gasteiger partial charge in [-0.25, -0.2) is 8.42 Å². The summed E-state index contributed by atoms with van der Waals surface area (Å²) in [5.41, 5.74) is 0.765. The predicted octanol–water partition coefficient (Wildman–Crippen LogP) is 3.74. The highest BCUT2D eigenvalue weighted by molar-refractivity contribution is 7.89. The van der Waals surface area contributed by atoms with Crippen LogP contribution in [0.4, 0.5) is 0 Å². The lowest BCUT2D eigenvalue weighted by atomic mass is 9.87. The van der Waals surface area contributed by atoms with Crippen LogP contribution in [0.3, 0.4) is 0 Å². The lowest BCUT2D eigenvalue weighted by Crippen LogP contribution is -2.46. The number of sulfonamides is 1. The summed E-state index contributed by atoms with van der Waals surface area (Å²) >= 11 is 1.08. The van der Waals surface area contributed by atoms with Crippen LogP contribution < -0.4 is 10.2 Å². The molecule has 1 aromatic carbocycles. The number of rotatable bonds is 5. The van der Waals surface area contributed by atoms with E-state index in [2.05, 4.69) is 12.2 Å². The van der Waals surface area contributed by atoms with Gasteiger partial charge in [0, 0.05) is 31.1 Å². The van der Waals surface area contributed by atoms with Crippen molar-refractivity contribution in [3.63, 3.8) is 0 Å². The molecule has 2 heterocycles. The Labute approximate surface area is 193 Å². The maximum Gasteiger partial charge on any atom is 0.308 e. The third-order valence-electron chi connectivity index (χ3n) is 6.93. The van der Waals surface area contributed by atoms with Crippen molar-refractivity contribution in [2.45, 2.75) is 76.3 Å². The highest BCUT2D eigenvalue weighted by atomic mass is 32.2. The van der Waals surface area contributed by atoms with Crippen LogP contribution in [0.5, 0.6) is 0 Å². The van der Waals surface area contributed by atoms with Gasteiger partial charge in [0.1, 0.15) is 0 Å². The normalized spacial score (nSPS) is 23.6. The first-order chi connectivity index (χ1) is 15.2. The second-order valence-electron chi connectivity index (χ2n) is 9.60. The van der Waals surface area contributed by atoms with Crippen LogP contribution in [-0.2, 0) is 14.8 Å². The molecule has 32 heavy (non-hydrogen) atoms. The molecule has 4 rings (SSSR count). The SMILES string of the molecule is CC1CCC(NC(=O)C2CCN(S(=O)(=O)c3ccc4c(c3)sc(=O)n4C(C)C)CC2)CC1. The van der Waals surface area contributed by atoms with Gasteiger partial charge in [-0.05, 0) is 76.5 Å². The van der Waals surface area contributed by atoms with Gasteiger partial charge in [-0.2, -0.15) is 4.31 Å². The van der Waals surface area contributed by atoms with E-state index in [0.29, 0.717) is 30.6 Å². The molecule has 2 aromatic rings. The zero-order valence-electron chi connectivity index (χ0n) is 19.0. The molecule has 7 nitrogen and oxygen atoms in total. The van der Waals surface area contributed by atoms with Crippen LogP contribution in [0.15, 0.2) is 27.9 Å². The molecule has 0 spiro atoms. The first kappa shape index (κ1) is 23.4. The van der Waals surface area contributed by atoms with E-state index in [1.165, 1.54) is 4.31 Å². The highest BCUT2D eigenvalue weighted by Gasteiger charge is 2.33. The Hall–Kier alpha value is -1.71. The van der Waals surface area contributed by atoms with Crippen molar-refractivity contribution in [3.8, 4) is 0 Å². The number of hydrogen-bond acceptors (Lipinski definition) is 5. The molecular weight excluding hydrogens is 446 g/mol. The van der Waals surface area contributed by atoms with Gasteiger partial charge in [0.25, 0.3) is 0 Å². The summed E-state index contributed by atoms with van der Waals surface area (Å²) in [5, 5.41) is 3.19. The fourth-order valence-corrected chi connectivity index (χ4v) is 7.52. The molecule has 1 aromatic heterocycles. The minimum Gasteiger partial charge on any atom is -0.353 e. The number of nitrogens with zero attached hydrogens (tertiary/aromatic N) is 2. The van der Waals surface area contributed by atoms with Crippen molar-refractivity contribution >= 4 is 37.5 Å². The van der Waals surface area contributed by atoms with E-state index in [1.807, 2.05) is 13.8 Å². The molecule has 1 N–H and O–H groups in total. The fraction of sp³-hybridized carbons (Fsp3) is 0.652. The zero-order valence-corrected chi connectivity index (χ0v) is 20.7. The first-order valence-electron chi connectivity index (χ1n) is 11.6. The maximum absolute atomic E-state index is 13.2. The molecule has 2 fully saturated rings. The zero-order chi connectivity index (χ0) is 23.0. The molecule has 0 atom stereocenters. The summed E-state index contributed by atoms with van der Waals surface area (Å²) in [6.45, 7) is 6.81. The van der Waals surface area contributed by atoms with Crippen LogP contribution in [-0.4, -0.2) is 42.3 Å². The third kappa shape index (κ3) is 4.65. The Morgan fingerprint density at radius 2 is 1.75 bits per heavy atom. The Morgan fingerprint density at radius 1 is 1.09 bits per heavy atom. The Morgan fingerprint density at radius 3 is 2.38 bits per heavy atom. The number of aromatic nitrogens is 1. The first-order valence-corrected chi connectivity index (χ1v) is 13.9. The molecule has 2 aliphatic rings. The van der Waals surface area contributed by atoms with Gasteiger partial charge in [-0.3, -0.25) is 14.2 Å². The molecule has 1 amide bonds. The van der Waals surface area contributed by atoms with Crippen LogP contribution >= 0.6 is 11.3 Å². The lowest BCUT2D eigenvalue weighted by molar-refractivity contribution is -0.127. The minimum absolute atomic E-state index is 0.0147. The minimum atomic E-state index is -3.66. The monoisotopic (exact) mass is 479 g/mol. The Balaban J connectivity index is 1.41. The van der Waals surface area contributed by atoms with Crippen molar-refractivity contribution < 1.29 is 13.2 Å². The topological polar surface area (TPSA) is 88.5 Å². The number of thiazole rings is 1. The van der Waals surface area contributed by atoms with Gasteiger partial charge in [-0.15, -0.1) is 0 Å². The molecule has 1 saturated carbocycles. The van der Waals surface area contributed by atoms with Gasteiger partial charge in [-0.1, -0.05) is 18.3 Å². The van der Waals surface area contributed by atoms with Gasteiger partial charge >= 0.3 is 4.87 Å². The van der Waals surface area contributed by atoms with Crippen molar-refractivity contribution in [2.24, 2.45) is 11.8 Å². The Kier molecular flexibility index (Phi) is 6.79. The number of benzene rings is 1. The van der Waals surface area contributed by atoms with Gasteiger partial charge in [0.15, 0.2) is 0 Å². The molecule has 0 unspecified atom stereocenters. The van der Waals surface area contributed by atoms with Gasteiger partial charge < -0.3 is 5.32 Å². The largest absolute Gasteiger partial charge is 0.353 e. The van der Waals surface area contributed by atoms with Crippen molar-refractivity contribution in [1.29, 1.82) is 0 Å². The molecule has 9 heteroatoms. The number of fused-ring (bicyclic) bond motifs is 1. The van der Waals surface area contributed by atoms with E-state index < -0.39 is 10.0 Å². The molecule has 1 aliphatic carbocycles. The van der Waals surface area contributed by atoms with E-state index in [-0.39, 0.29) is 33.7 Å². The standard InChI is InChI=1S/C23H33N3O4S2/c1-15(2)26-20-9-8-19(14-21(20)31-23(26)28)32(29,30)25-12-10-17(11-13-25)22(27)24-18-6-4-16(3)5-7-18/h8-9,14-18H,4-7,10-13H2,1-3H3,(H,24,27). The van der Waals surface area contributed by atoms with E-state index in [9.17, 15) is 18.0 Å². The highest BCUT2D eigenvalue weighted by Crippen LogP contribution is 2.29. The second kappa shape index (κ2) is 9.27. The van der Waals surface area contributed by atoms with Crippen LogP contribution in [0, 0.1) is 11.8 Å². The van der Waals surface area contributed by atoms with Gasteiger partial charge in [0.2, 0.25) is 15.9 Å². The van der Waals surface area contributed by atoms with Crippen LogP contribution in [0.1, 0.15) is 65.3 Å². The number of piperidine rings is 1. The average Bonchev–Trinajstić information content (AvgIpc) is 3.10. The number of carbonyl (C=O) groups is 1. The summed E-state index contributed by atoms with van der Waals surface area (Å²) < 4.78 is 30.3. The number of carbonyl (C=O) groups excluding carboxylic acids is 1. The predicted molar refractivity (Wildman–Crippen MR) is 128 cm³/mol. The van der Waals surface area contributed by atoms with Crippen molar-refractivity contribution in [3.05, 3.63) is 27.9 Å². The number of hydrogen-bond donors (Lipinski definition) is 1. The molecule has 1 saturated heterocycles. The van der Waals surface area contributed by atoms with Crippen LogP contribution in [0.2, 0.25) is 0 Å². The summed E-state index contributed by atoms with van der Waals surface area (Å²) in [7, 11) is -3.66. The molecular formula is C23H33N3O4S2. The quantitative estimate of drug-likeness (QED) is 0.708.